The third-order valence-corrected chi connectivity index (χ3v) is 6.70. The maximum Gasteiger partial charge on any atom is 0.435 e. The van der Waals surface area contributed by atoms with Crippen LogP contribution in [0.5, 0.6) is 0 Å². The van der Waals surface area contributed by atoms with Crippen molar-refractivity contribution >= 4 is 23.2 Å². The van der Waals surface area contributed by atoms with Crippen LogP contribution in [-0.2, 0) is 19.1 Å². The van der Waals surface area contributed by atoms with E-state index in [1.165, 1.54) is 12.8 Å². The van der Waals surface area contributed by atoms with Crippen molar-refractivity contribution in [3.05, 3.63) is 39.7 Å². The van der Waals surface area contributed by atoms with Gasteiger partial charge in [-0.15, -0.1) is 0 Å². The van der Waals surface area contributed by atoms with Crippen LogP contribution in [0.1, 0.15) is 54.6 Å². The van der Waals surface area contributed by atoms with E-state index in [9.17, 15) is 13.2 Å². The second-order valence-corrected chi connectivity index (χ2v) is 9.51. The number of nitrogens with two attached hydrogens (primary N) is 1. The minimum atomic E-state index is -4.50. The van der Waals surface area contributed by atoms with E-state index < -0.39 is 11.9 Å². The molecule has 0 radical (unpaired) electrons. The molecule has 170 valence electrons. The highest BCUT2D eigenvalue weighted by Crippen LogP contribution is 2.43. The average molecular weight is 455 g/mol. The monoisotopic (exact) mass is 454 g/mol. The zero-order valence-electron chi connectivity index (χ0n) is 18.1. The molecule has 1 aliphatic carbocycles. The number of aromatic nitrogens is 2. The van der Waals surface area contributed by atoms with Crippen LogP contribution in [0.25, 0.3) is 0 Å². The van der Waals surface area contributed by atoms with Gasteiger partial charge in [-0.3, -0.25) is 0 Å². The zero-order chi connectivity index (χ0) is 22.3. The highest BCUT2D eigenvalue weighted by atomic mass is 35.5. The van der Waals surface area contributed by atoms with E-state index in [2.05, 4.69) is 4.98 Å². The number of imidazole rings is 1. The van der Waals surface area contributed by atoms with E-state index in [1.54, 1.807) is 4.57 Å². The van der Waals surface area contributed by atoms with Crippen molar-refractivity contribution in [1.29, 1.82) is 0 Å². The summed E-state index contributed by atoms with van der Waals surface area (Å²) in [6.45, 7) is 5.51. The predicted octanol–water partition coefficient (Wildman–Crippen LogP) is 6.02. The second-order valence-electron chi connectivity index (χ2n) is 9.10. The summed E-state index contributed by atoms with van der Waals surface area (Å²) >= 11 is 6.55. The molecule has 0 spiro atoms. The van der Waals surface area contributed by atoms with E-state index in [0.717, 1.165) is 36.1 Å². The molecule has 1 saturated carbocycles. The Bertz CT molecular complexity index is 926. The summed E-state index contributed by atoms with van der Waals surface area (Å²) < 4.78 is 43.9. The number of benzene rings is 1. The van der Waals surface area contributed by atoms with Gasteiger partial charge in [0.2, 0.25) is 5.95 Å². The van der Waals surface area contributed by atoms with Crippen molar-refractivity contribution in [3.63, 3.8) is 0 Å². The van der Waals surface area contributed by atoms with Crippen LogP contribution >= 0.6 is 11.6 Å². The molecule has 1 unspecified atom stereocenters. The lowest BCUT2D eigenvalue weighted by Crippen LogP contribution is -2.30. The van der Waals surface area contributed by atoms with Crippen molar-refractivity contribution in [2.45, 2.75) is 65.1 Å². The van der Waals surface area contributed by atoms with Gasteiger partial charge in [0, 0.05) is 13.1 Å². The predicted molar refractivity (Wildman–Crippen MR) is 118 cm³/mol. The Labute approximate surface area is 186 Å². The lowest BCUT2D eigenvalue weighted by molar-refractivity contribution is -0.141. The molecule has 1 aromatic carbocycles. The number of aryl methyl sites for hydroxylation is 2. The van der Waals surface area contributed by atoms with Crippen LogP contribution < -0.4 is 10.6 Å². The Hall–Kier alpha value is -1.73. The highest BCUT2D eigenvalue weighted by Gasteiger charge is 2.41. The van der Waals surface area contributed by atoms with Gasteiger partial charge < -0.3 is 15.2 Å². The fraction of sp³-hybridized carbons (Fsp3) is 0.609. The summed E-state index contributed by atoms with van der Waals surface area (Å²) in [5.74, 6) is 1.14. The molecule has 8 heteroatoms. The molecule has 1 atom stereocenters. The minimum absolute atomic E-state index is 0.152. The molecule has 2 aliphatic rings. The number of hydrogen-bond donors (Lipinski definition) is 1. The first-order valence-corrected chi connectivity index (χ1v) is 11.5. The van der Waals surface area contributed by atoms with Gasteiger partial charge in [-0.05, 0) is 75.1 Å². The summed E-state index contributed by atoms with van der Waals surface area (Å²) in [4.78, 5) is 6.03. The fourth-order valence-electron chi connectivity index (χ4n) is 4.93. The van der Waals surface area contributed by atoms with Gasteiger partial charge in [0.1, 0.15) is 0 Å². The van der Waals surface area contributed by atoms with Crippen molar-refractivity contribution in [2.75, 3.05) is 18.0 Å². The Balaban J connectivity index is 1.77. The maximum atomic E-state index is 14.0. The molecule has 0 saturated heterocycles. The van der Waals surface area contributed by atoms with Gasteiger partial charge in [0.05, 0.1) is 16.4 Å². The molecule has 4 rings (SSSR count). The van der Waals surface area contributed by atoms with Crippen molar-refractivity contribution in [2.24, 2.45) is 17.6 Å². The second kappa shape index (κ2) is 8.66. The molecule has 1 fully saturated rings. The number of rotatable bonds is 7. The van der Waals surface area contributed by atoms with Gasteiger partial charge in [-0.1, -0.05) is 30.5 Å². The smallest absolute Gasteiger partial charge is 0.330 e. The topological polar surface area (TPSA) is 47.1 Å². The lowest BCUT2D eigenvalue weighted by atomic mass is 9.92. The molecule has 0 amide bonds. The van der Waals surface area contributed by atoms with E-state index >= 15 is 0 Å². The Kier molecular flexibility index (Phi) is 6.28. The molecule has 2 N–H and O–H groups in total. The van der Waals surface area contributed by atoms with Crippen LogP contribution in [0, 0.1) is 25.7 Å². The van der Waals surface area contributed by atoms with Crippen LogP contribution in [-0.4, -0.2) is 22.6 Å². The number of fused-ring (bicyclic) bond motifs is 1. The standard InChI is InChI=1S/C23H30ClF3N4/c1-14-10-15(2)20(18(24)11-14)31-9-3-8-30-19(21(23(25,26)27)29-22(30)31)13-17(6-7-28)12-16-4-5-16/h10-11,16-17H,3-9,12-13,28H2,1-2H3. The Morgan fingerprint density at radius 3 is 2.58 bits per heavy atom. The van der Waals surface area contributed by atoms with Crippen LogP contribution in [0.2, 0.25) is 5.02 Å². The van der Waals surface area contributed by atoms with E-state index in [0.29, 0.717) is 48.6 Å². The molecule has 1 aliphatic heterocycles. The van der Waals surface area contributed by atoms with E-state index in [-0.39, 0.29) is 5.92 Å². The minimum Gasteiger partial charge on any atom is -0.330 e. The highest BCUT2D eigenvalue weighted by molar-refractivity contribution is 6.33. The van der Waals surface area contributed by atoms with Crippen molar-refractivity contribution < 1.29 is 13.2 Å². The number of halogens is 4. The van der Waals surface area contributed by atoms with Crippen LogP contribution in [0.4, 0.5) is 24.8 Å². The van der Waals surface area contributed by atoms with Crippen molar-refractivity contribution in [1.82, 2.24) is 9.55 Å². The third-order valence-electron chi connectivity index (χ3n) is 6.41. The first-order valence-electron chi connectivity index (χ1n) is 11.1. The SMILES string of the molecule is Cc1cc(C)c(N2CCCn3c2nc(C(F)(F)F)c3CC(CCN)CC2CC2)c(Cl)c1. The number of hydrogen-bond acceptors (Lipinski definition) is 3. The van der Waals surface area contributed by atoms with Crippen LogP contribution in [0.15, 0.2) is 12.1 Å². The lowest BCUT2D eigenvalue weighted by Gasteiger charge is -2.32. The van der Waals surface area contributed by atoms with Gasteiger partial charge in [0.15, 0.2) is 5.69 Å². The van der Waals surface area contributed by atoms with Crippen LogP contribution in [0.3, 0.4) is 0 Å². The number of nitrogens with zero attached hydrogens (tertiary/aromatic N) is 3. The summed E-state index contributed by atoms with van der Waals surface area (Å²) in [7, 11) is 0. The van der Waals surface area contributed by atoms with Gasteiger partial charge in [-0.2, -0.15) is 13.2 Å². The summed E-state index contributed by atoms with van der Waals surface area (Å²) in [6, 6.07) is 3.85. The normalized spacial score (nSPS) is 17.7. The largest absolute Gasteiger partial charge is 0.435 e. The zero-order valence-corrected chi connectivity index (χ0v) is 18.9. The molecule has 1 aromatic heterocycles. The number of alkyl halides is 3. The van der Waals surface area contributed by atoms with Gasteiger partial charge in [-0.25, -0.2) is 4.98 Å². The molecule has 0 bridgehead atoms. The van der Waals surface area contributed by atoms with Gasteiger partial charge >= 0.3 is 6.18 Å². The average Bonchev–Trinajstić information content (AvgIpc) is 3.39. The molecule has 2 heterocycles. The molecular formula is C23H30ClF3N4. The molecular weight excluding hydrogens is 425 g/mol. The van der Waals surface area contributed by atoms with Gasteiger partial charge in [0.25, 0.3) is 0 Å². The molecule has 31 heavy (non-hydrogen) atoms. The summed E-state index contributed by atoms with van der Waals surface area (Å²) in [5.41, 5.74) is 8.04. The molecule has 2 aromatic rings. The maximum absolute atomic E-state index is 14.0. The summed E-state index contributed by atoms with van der Waals surface area (Å²) in [6.07, 6.45) is 0.645. The third kappa shape index (κ3) is 4.72. The first-order chi connectivity index (χ1) is 14.7. The Morgan fingerprint density at radius 1 is 1.23 bits per heavy atom. The van der Waals surface area contributed by atoms with E-state index in [1.807, 2.05) is 30.9 Å². The molecule has 4 nitrogen and oxygen atoms in total. The Morgan fingerprint density at radius 2 is 1.97 bits per heavy atom. The summed E-state index contributed by atoms with van der Waals surface area (Å²) in [5, 5.41) is 0.541. The van der Waals surface area contributed by atoms with E-state index in [4.69, 9.17) is 17.3 Å². The fourth-order valence-corrected chi connectivity index (χ4v) is 5.36. The first kappa shape index (κ1) is 22.5. The quantitative estimate of drug-likeness (QED) is 0.556. The number of anilines is 2. The van der Waals surface area contributed by atoms with Crippen molar-refractivity contribution in [3.8, 4) is 0 Å².